The summed E-state index contributed by atoms with van der Waals surface area (Å²) in [4.78, 5) is 2.74. The van der Waals surface area contributed by atoms with Gasteiger partial charge in [-0.2, -0.15) is 0 Å². The first-order valence-corrected chi connectivity index (χ1v) is 9.03. The average Bonchev–Trinajstić information content (AvgIpc) is 2.96. The highest BCUT2D eigenvalue weighted by Crippen LogP contribution is 2.22. The van der Waals surface area contributed by atoms with E-state index in [-0.39, 0.29) is 25.6 Å². The molecule has 0 bridgehead atoms. The molecule has 0 aliphatic carbocycles. The zero-order valence-electron chi connectivity index (χ0n) is 13.7. The minimum Gasteiger partial charge on any atom is -0.394 e. The fourth-order valence-electron chi connectivity index (χ4n) is 2.35. The zero-order valence-corrected chi connectivity index (χ0v) is 15.4. The maximum atomic E-state index is 9.19. The van der Waals surface area contributed by atoms with Crippen LogP contribution in [0.3, 0.4) is 0 Å². The van der Waals surface area contributed by atoms with E-state index in [9.17, 15) is 10.2 Å². The Labute approximate surface area is 145 Å². The van der Waals surface area contributed by atoms with E-state index in [2.05, 4.69) is 19.1 Å². The van der Waals surface area contributed by atoms with Crippen molar-refractivity contribution < 1.29 is 10.2 Å². The van der Waals surface area contributed by atoms with Gasteiger partial charge in [0, 0.05) is 9.75 Å². The first-order valence-electron chi connectivity index (χ1n) is 8.21. The molecule has 0 unspecified atom stereocenters. The molecule has 0 spiro atoms. The third-order valence-corrected chi connectivity index (χ3v) is 5.20. The summed E-state index contributed by atoms with van der Waals surface area (Å²) in [6, 6.07) is 4.37. The van der Waals surface area contributed by atoms with Gasteiger partial charge >= 0.3 is 0 Å². The van der Waals surface area contributed by atoms with Crippen molar-refractivity contribution in [3.8, 4) is 0 Å². The van der Waals surface area contributed by atoms with E-state index in [0.29, 0.717) is 6.42 Å². The third kappa shape index (κ3) is 8.49. The standard InChI is InChI=1S/C17H31NO2S.ClH/c1-2-3-4-5-6-7-8-15-9-10-16(21-15)11-12-17(18,13-19)14-20;/h9-10,19-20H,2-8,11-14,18H2,1H3;1H. The summed E-state index contributed by atoms with van der Waals surface area (Å²) in [6.45, 7) is 1.91. The Bertz CT molecular complexity index is 380. The van der Waals surface area contributed by atoms with Gasteiger partial charge in [0.15, 0.2) is 0 Å². The molecule has 1 heterocycles. The number of aryl methyl sites for hydroxylation is 2. The number of rotatable bonds is 12. The Balaban J connectivity index is 0.00000441. The van der Waals surface area contributed by atoms with Crippen LogP contribution < -0.4 is 5.73 Å². The number of aliphatic hydroxyl groups is 2. The van der Waals surface area contributed by atoms with Crippen LogP contribution in [0.5, 0.6) is 0 Å². The predicted molar refractivity (Wildman–Crippen MR) is 98.1 cm³/mol. The van der Waals surface area contributed by atoms with Gasteiger partial charge < -0.3 is 15.9 Å². The zero-order chi connectivity index (χ0) is 15.6. The van der Waals surface area contributed by atoms with Gasteiger partial charge in [-0.1, -0.05) is 39.0 Å². The maximum Gasteiger partial charge on any atom is 0.0633 e. The second-order valence-corrected chi connectivity index (χ2v) is 7.32. The van der Waals surface area contributed by atoms with Crippen LogP contribution in [0.1, 0.15) is 61.6 Å². The summed E-state index contributed by atoms with van der Waals surface area (Å²) in [5.41, 5.74) is 5.05. The van der Waals surface area contributed by atoms with Crippen molar-refractivity contribution in [1.82, 2.24) is 0 Å². The number of hydrogen-bond donors (Lipinski definition) is 3. The first kappa shape index (κ1) is 21.9. The highest BCUT2D eigenvalue weighted by Gasteiger charge is 2.22. The average molecular weight is 350 g/mol. The fourth-order valence-corrected chi connectivity index (χ4v) is 3.41. The molecule has 0 aromatic carbocycles. The fraction of sp³-hybridized carbons (Fsp3) is 0.765. The van der Waals surface area contributed by atoms with Crippen LogP contribution >= 0.6 is 23.7 Å². The Morgan fingerprint density at radius 1 is 0.955 bits per heavy atom. The van der Waals surface area contributed by atoms with Gasteiger partial charge in [0.25, 0.3) is 0 Å². The van der Waals surface area contributed by atoms with E-state index < -0.39 is 5.54 Å². The van der Waals surface area contributed by atoms with Crippen molar-refractivity contribution in [1.29, 1.82) is 0 Å². The second kappa shape index (κ2) is 12.3. The van der Waals surface area contributed by atoms with Gasteiger partial charge in [-0.15, -0.1) is 23.7 Å². The summed E-state index contributed by atoms with van der Waals surface area (Å²) >= 11 is 1.84. The summed E-state index contributed by atoms with van der Waals surface area (Å²) in [6.07, 6.45) is 10.6. The minimum atomic E-state index is -0.844. The smallest absolute Gasteiger partial charge is 0.0633 e. The van der Waals surface area contributed by atoms with Crippen molar-refractivity contribution >= 4 is 23.7 Å². The van der Waals surface area contributed by atoms with E-state index >= 15 is 0 Å². The maximum absolute atomic E-state index is 9.19. The molecule has 22 heavy (non-hydrogen) atoms. The normalized spacial score (nSPS) is 11.5. The molecule has 1 rings (SSSR count). The second-order valence-electron chi connectivity index (χ2n) is 6.06. The molecule has 5 heteroatoms. The quantitative estimate of drug-likeness (QED) is 0.504. The molecule has 130 valence electrons. The number of nitrogens with two attached hydrogens (primary N) is 1. The number of hydrogen-bond acceptors (Lipinski definition) is 4. The molecule has 3 nitrogen and oxygen atoms in total. The summed E-state index contributed by atoms with van der Waals surface area (Å²) in [7, 11) is 0. The first-order chi connectivity index (χ1) is 10.1. The molecular weight excluding hydrogens is 318 g/mol. The van der Waals surface area contributed by atoms with Gasteiger partial charge in [-0.05, 0) is 37.8 Å². The van der Waals surface area contributed by atoms with Crippen LogP contribution in [0.25, 0.3) is 0 Å². The van der Waals surface area contributed by atoms with E-state index in [0.717, 1.165) is 6.42 Å². The Morgan fingerprint density at radius 3 is 2.09 bits per heavy atom. The Hall–Kier alpha value is -0.130. The molecule has 0 atom stereocenters. The Morgan fingerprint density at radius 2 is 1.50 bits per heavy atom. The number of thiophene rings is 1. The molecule has 0 amide bonds. The van der Waals surface area contributed by atoms with Crippen LogP contribution in [-0.4, -0.2) is 29.0 Å². The number of unbranched alkanes of at least 4 members (excludes halogenated alkanes) is 5. The summed E-state index contributed by atoms with van der Waals surface area (Å²) in [5, 5.41) is 18.4. The van der Waals surface area contributed by atoms with Crippen molar-refractivity contribution in [3.05, 3.63) is 21.9 Å². The van der Waals surface area contributed by atoms with Crippen LogP contribution in [0.4, 0.5) is 0 Å². The van der Waals surface area contributed by atoms with Gasteiger partial charge in [-0.3, -0.25) is 0 Å². The SMILES string of the molecule is CCCCCCCCc1ccc(CCC(N)(CO)CO)s1.Cl. The molecule has 0 fully saturated rings. The van der Waals surface area contributed by atoms with Crippen LogP contribution in [0.2, 0.25) is 0 Å². The van der Waals surface area contributed by atoms with Crippen molar-refractivity contribution in [3.63, 3.8) is 0 Å². The molecule has 0 radical (unpaired) electrons. The molecule has 0 saturated carbocycles. The van der Waals surface area contributed by atoms with Crippen LogP contribution in [-0.2, 0) is 12.8 Å². The third-order valence-electron chi connectivity index (χ3n) is 3.99. The molecule has 1 aromatic heterocycles. The molecule has 0 aliphatic heterocycles. The summed E-state index contributed by atoms with van der Waals surface area (Å²) in [5.74, 6) is 0. The minimum absolute atomic E-state index is 0. The molecule has 1 aromatic rings. The lowest BCUT2D eigenvalue weighted by Crippen LogP contribution is -2.47. The highest BCUT2D eigenvalue weighted by molar-refractivity contribution is 7.11. The molecule has 0 saturated heterocycles. The monoisotopic (exact) mass is 349 g/mol. The van der Waals surface area contributed by atoms with Gasteiger partial charge in [0.05, 0.1) is 18.8 Å². The van der Waals surface area contributed by atoms with E-state index in [1.165, 1.54) is 54.7 Å². The predicted octanol–water partition coefficient (Wildman–Crippen LogP) is 3.69. The topological polar surface area (TPSA) is 66.5 Å². The van der Waals surface area contributed by atoms with Crippen LogP contribution in [0.15, 0.2) is 12.1 Å². The van der Waals surface area contributed by atoms with Crippen molar-refractivity contribution in [2.75, 3.05) is 13.2 Å². The van der Waals surface area contributed by atoms with E-state index in [1.54, 1.807) is 0 Å². The number of aliphatic hydroxyl groups excluding tert-OH is 2. The van der Waals surface area contributed by atoms with Gasteiger partial charge in [-0.25, -0.2) is 0 Å². The summed E-state index contributed by atoms with van der Waals surface area (Å²) < 4.78 is 0. The molecule has 0 aliphatic rings. The van der Waals surface area contributed by atoms with Gasteiger partial charge in [0.1, 0.15) is 0 Å². The Kier molecular flexibility index (Phi) is 12.2. The highest BCUT2D eigenvalue weighted by atomic mass is 35.5. The lowest BCUT2D eigenvalue weighted by atomic mass is 9.96. The van der Waals surface area contributed by atoms with Crippen molar-refractivity contribution in [2.45, 2.75) is 70.3 Å². The largest absolute Gasteiger partial charge is 0.394 e. The van der Waals surface area contributed by atoms with E-state index in [1.807, 2.05) is 11.3 Å². The molecule has 4 N–H and O–H groups in total. The van der Waals surface area contributed by atoms with Gasteiger partial charge in [0.2, 0.25) is 0 Å². The number of halogens is 1. The lowest BCUT2D eigenvalue weighted by molar-refractivity contribution is 0.115. The lowest BCUT2D eigenvalue weighted by Gasteiger charge is -2.23. The molecular formula is C17H32ClNO2S. The van der Waals surface area contributed by atoms with E-state index in [4.69, 9.17) is 5.73 Å². The van der Waals surface area contributed by atoms with Crippen molar-refractivity contribution in [2.24, 2.45) is 5.73 Å². The van der Waals surface area contributed by atoms with Crippen LogP contribution in [0, 0.1) is 0 Å².